The second-order valence-electron chi connectivity index (χ2n) is 4.35. The van der Waals surface area contributed by atoms with E-state index in [2.05, 4.69) is 31.5 Å². The van der Waals surface area contributed by atoms with Gasteiger partial charge in [-0.15, -0.1) is 0 Å². The Labute approximate surface area is 152 Å². The molecule has 8 heteroatoms. The van der Waals surface area contributed by atoms with Crippen LogP contribution in [-0.4, -0.2) is 22.6 Å². The normalized spacial score (nSPS) is 10.0. The second-order valence-corrected chi connectivity index (χ2v) is 6.05. The van der Waals surface area contributed by atoms with Crippen molar-refractivity contribution in [2.75, 3.05) is 11.9 Å². The second kappa shape index (κ2) is 8.24. The average molecular weight is 415 g/mol. The van der Waals surface area contributed by atoms with E-state index in [-0.39, 0.29) is 11.0 Å². The summed E-state index contributed by atoms with van der Waals surface area (Å²) >= 11 is 14.2. The minimum Gasteiger partial charge on any atom is -0.493 e. The van der Waals surface area contributed by atoms with Crippen molar-refractivity contribution in [3.63, 3.8) is 0 Å². The first-order valence-electron chi connectivity index (χ1n) is 6.66. The highest BCUT2D eigenvalue weighted by atomic mass is 79.9. The zero-order valence-corrected chi connectivity index (χ0v) is 15.3. The monoisotopic (exact) mass is 413 g/mol. The van der Waals surface area contributed by atoms with Gasteiger partial charge < -0.3 is 10.1 Å². The first-order valence-corrected chi connectivity index (χ1v) is 8.23. The van der Waals surface area contributed by atoms with Crippen molar-refractivity contribution in [2.24, 2.45) is 0 Å². The van der Waals surface area contributed by atoms with E-state index in [4.69, 9.17) is 28.6 Å². The summed E-state index contributed by atoms with van der Waals surface area (Å²) in [6.07, 6.45) is 1.48. The van der Waals surface area contributed by atoms with E-state index in [1.807, 2.05) is 6.92 Å². The molecule has 0 atom stereocenters. The quantitative estimate of drug-likeness (QED) is 0.740. The minimum atomic E-state index is -0.333. The average Bonchev–Trinajstić information content (AvgIpc) is 2.51. The molecule has 0 aliphatic heterocycles. The summed E-state index contributed by atoms with van der Waals surface area (Å²) in [5.41, 5.74) is 0.452. The number of rotatable bonds is 4. The Kier molecular flexibility index (Phi) is 6.32. The molecule has 0 fully saturated rings. The van der Waals surface area contributed by atoms with Gasteiger partial charge in [0.05, 0.1) is 16.1 Å². The van der Waals surface area contributed by atoms with Crippen LogP contribution in [0.5, 0.6) is 5.75 Å². The molecule has 1 aromatic carbocycles. The van der Waals surface area contributed by atoms with Crippen LogP contribution in [0.15, 0.2) is 41.0 Å². The Morgan fingerprint density at radius 2 is 2.17 bits per heavy atom. The third kappa shape index (κ3) is 5.16. The predicted molar refractivity (Wildman–Crippen MR) is 98.2 cm³/mol. The van der Waals surface area contributed by atoms with Crippen molar-refractivity contribution in [1.82, 2.24) is 10.3 Å². The lowest BCUT2D eigenvalue weighted by Crippen LogP contribution is -2.34. The SMILES string of the molecule is CCOc1ccc(C(=O)NC(=S)Nc2ccc(Cl)cn2)cc1Br. The van der Waals surface area contributed by atoms with Gasteiger partial charge in [-0.3, -0.25) is 10.1 Å². The van der Waals surface area contributed by atoms with Crippen LogP contribution in [0.2, 0.25) is 5.02 Å². The Morgan fingerprint density at radius 3 is 2.78 bits per heavy atom. The molecule has 2 N–H and O–H groups in total. The number of anilines is 1. The van der Waals surface area contributed by atoms with E-state index in [0.717, 1.165) is 0 Å². The maximum atomic E-state index is 12.2. The van der Waals surface area contributed by atoms with Gasteiger partial charge in [0, 0.05) is 11.8 Å². The zero-order chi connectivity index (χ0) is 16.8. The smallest absolute Gasteiger partial charge is 0.257 e. The third-order valence-electron chi connectivity index (χ3n) is 2.69. The zero-order valence-electron chi connectivity index (χ0n) is 12.1. The fourth-order valence-corrected chi connectivity index (χ4v) is 2.49. The van der Waals surface area contributed by atoms with Gasteiger partial charge in [-0.05, 0) is 65.4 Å². The maximum Gasteiger partial charge on any atom is 0.257 e. The largest absolute Gasteiger partial charge is 0.493 e. The molecule has 0 radical (unpaired) electrons. The van der Waals surface area contributed by atoms with Crippen molar-refractivity contribution in [1.29, 1.82) is 0 Å². The lowest BCUT2D eigenvalue weighted by atomic mass is 10.2. The Balaban J connectivity index is 1.99. The maximum absolute atomic E-state index is 12.2. The molecule has 0 spiro atoms. The van der Waals surface area contributed by atoms with E-state index in [1.165, 1.54) is 6.20 Å². The van der Waals surface area contributed by atoms with Gasteiger partial charge in [-0.1, -0.05) is 11.6 Å². The van der Waals surface area contributed by atoms with Gasteiger partial charge in [-0.2, -0.15) is 0 Å². The number of hydrogen-bond donors (Lipinski definition) is 2. The number of carbonyl (C=O) groups is 1. The van der Waals surface area contributed by atoms with Crippen LogP contribution in [0.3, 0.4) is 0 Å². The first kappa shape index (κ1) is 17.7. The molecule has 0 aliphatic rings. The highest BCUT2D eigenvalue weighted by molar-refractivity contribution is 9.10. The fraction of sp³-hybridized carbons (Fsp3) is 0.133. The van der Waals surface area contributed by atoms with Crippen LogP contribution in [-0.2, 0) is 0 Å². The number of nitrogens with one attached hydrogen (secondary N) is 2. The highest BCUT2D eigenvalue weighted by Crippen LogP contribution is 2.25. The van der Waals surface area contributed by atoms with Crippen LogP contribution < -0.4 is 15.4 Å². The van der Waals surface area contributed by atoms with Crippen molar-refractivity contribution in [3.05, 3.63) is 51.6 Å². The Morgan fingerprint density at radius 1 is 1.39 bits per heavy atom. The third-order valence-corrected chi connectivity index (χ3v) is 3.74. The summed E-state index contributed by atoms with van der Waals surface area (Å²) in [6.45, 7) is 2.44. The number of carbonyl (C=O) groups excluding carboxylic acids is 1. The number of nitrogens with zero attached hydrogens (tertiary/aromatic N) is 1. The molecule has 5 nitrogen and oxygen atoms in total. The van der Waals surface area contributed by atoms with Gasteiger partial charge >= 0.3 is 0 Å². The number of pyridine rings is 1. The van der Waals surface area contributed by atoms with E-state index >= 15 is 0 Å². The summed E-state index contributed by atoms with van der Waals surface area (Å²) < 4.78 is 6.10. The molecule has 0 aliphatic carbocycles. The molecule has 2 rings (SSSR count). The number of ether oxygens (including phenoxy) is 1. The van der Waals surface area contributed by atoms with Gasteiger partial charge in [0.15, 0.2) is 5.11 Å². The van der Waals surface area contributed by atoms with E-state index in [9.17, 15) is 4.79 Å². The lowest BCUT2D eigenvalue weighted by Gasteiger charge is -2.10. The molecule has 0 bridgehead atoms. The number of aromatic nitrogens is 1. The number of halogens is 2. The van der Waals surface area contributed by atoms with Gasteiger partial charge in [0.2, 0.25) is 0 Å². The molecule has 23 heavy (non-hydrogen) atoms. The van der Waals surface area contributed by atoms with E-state index < -0.39 is 0 Å². The number of hydrogen-bond acceptors (Lipinski definition) is 4. The van der Waals surface area contributed by atoms with E-state index in [1.54, 1.807) is 30.3 Å². The van der Waals surface area contributed by atoms with Crippen molar-refractivity contribution >= 4 is 56.6 Å². The summed E-state index contributed by atoms with van der Waals surface area (Å²) in [5, 5.41) is 6.06. The topological polar surface area (TPSA) is 63.2 Å². The van der Waals surface area contributed by atoms with Crippen LogP contribution in [0.1, 0.15) is 17.3 Å². The van der Waals surface area contributed by atoms with Gasteiger partial charge in [0.1, 0.15) is 11.6 Å². The van der Waals surface area contributed by atoms with Crippen molar-refractivity contribution < 1.29 is 9.53 Å². The summed E-state index contributed by atoms with van der Waals surface area (Å²) in [5.74, 6) is 0.836. The summed E-state index contributed by atoms with van der Waals surface area (Å²) in [4.78, 5) is 16.2. The first-order chi connectivity index (χ1) is 11.0. The number of thiocarbonyl (C=S) groups is 1. The molecule has 0 unspecified atom stereocenters. The standard InChI is InChI=1S/C15H13BrClN3O2S/c1-2-22-12-5-3-9(7-11(12)16)14(21)20-15(23)19-13-6-4-10(17)8-18-13/h3-8H,2H2,1H3,(H2,18,19,20,21,23). The molecular weight excluding hydrogens is 402 g/mol. The molecular formula is C15H13BrClN3O2S. The molecule has 0 saturated carbocycles. The fourth-order valence-electron chi connectivity index (χ4n) is 1.69. The van der Waals surface area contributed by atoms with E-state index in [0.29, 0.717) is 33.2 Å². The Bertz CT molecular complexity index is 725. The number of amides is 1. The van der Waals surface area contributed by atoms with Gasteiger partial charge in [0.25, 0.3) is 5.91 Å². The van der Waals surface area contributed by atoms with Crippen molar-refractivity contribution in [3.8, 4) is 5.75 Å². The molecule has 120 valence electrons. The minimum absolute atomic E-state index is 0.148. The van der Waals surface area contributed by atoms with Crippen LogP contribution >= 0.6 is 39.7 Å². The van der Waals surface area contributed by atoms with Crippen LogP contribution in [0.25, 0.3) is 0 Å². The molecule has 2 aromatic rings. The van der Waals surface area contributed by atoms with Gasteiger partial charge in [-0.25, -0.2) is 4.98 Å². The molecule has 1 aromatic heterocycles. The molecule has 1 heterocycles. The highest BCUT2D eigenvalue weighted by Gasteiger charge is 2.11. The van der Waals surface area contributed by atoms with Crippen LogP contribution in [0, 0.1) is 0 Å². The molecule has 1 amide bonds. The van der Waals surface area contributed by atoms with Crippen molar-refractivity contribution in [2.45, 2.75) is 6.92 Å². The molecule has 0 saturated heterocycles. The van der Waals surface area contributed by atoms with Crippen LogP contribution in [0.4, 0.5) is 5.82 Å². The summed E-state index contributed by atoms with van der Waals surface area (Å²) in [6, 6.07) is 8.39. The lowest BCUT2D eigenvalue weighted by molar-refractivity contribution is 0.0977. The Hall–Kier alpha value is -1.70. The summed E-state index contributed by atoms with van der Waals surface area (Å²) in [7, 11) is 0. The predicted octanol–water partition coefficient (Wildman–Crippen LogP) is 4.02. The number of benzene rings is 1.